The van der Waals surface area contributed by atoms with E-state index < -0.39 is 14.1 Å². The van der Waals surface area contributed by atoms with Crippen molar-refractivity contribution >= 4 is 14.3 Å². The van der Waals surface area contributed by atoms with Gasteiger partial charge >= 0.3 is 5.97 Å². The summed E-state index contributed by atoms with van der Waals surface area (Å²) in [6.45, 7) is 16.1. The van der Waals surface area contributed by atoms with Gasteiger partial charge in [0.15, 0.2) is 14.1 Å². The number of methoxy groups -OCH3 is 1. The molecule has 0 N–H and O–H groups in total. The second-order valence-electron chi connectivity index (χ2n) is 11.3. The maximum Gasteiger partial charge on any atom is 0.330 e. The fraction of sp³-hybridized carbons (Fsp3) is 0.875. The monoisotopic (exact) mass is 438 g/mol. The number of carbonyl (C=O) groups excluding carboxylic acids is 1. The summed E-state index contributed by atoms with van der Waals surface area (Å²) in [4.78, 5) is 12.2. The molecule has 0 aromatic rings. The van der Waals surface area contributed by atoms with E-state index in [0.29, 0.717) is 0 Å². The summed E-state index contributed by atoms with van der Waals surface area (Å²) in [7, 11) is -0.433. The van der Waals surface area contributed by atoms with Crippen molar-refractivity contribution in [3.05, 3.63) is 11.6 Å². The molecule has 0 amide bonds. The largest absolute Gasteiger partial charge is 0.466 e. The van der Waals surface area contributed by atoms with Gasteiger partial charge in [-0.25, -0.2) is 4.79 Å². The average Bonchev–Trinajstić information content (AvgIpc) is 2.67. The predicted octanol–water partition coefficient (Wildman–Crippen LogP) is 5.60. The van der Waals surface area contributed by atoms with Gasteiger partial charge in [-0.15, -0.1) is 0 Å². The number of allylic oxidation sites excluding steroid dienone is 1. The zero-order valence-electron chi connectivity index (χ0n) is 20.2. The maximum atomic E-state index is 12.2. The van der Waals surface area contributed by atoms with Crippen LogP contribution in [0.25, 0.3) is 0 Å². The molecule has 3 rings (SSSR count). The highest BCUT2D eigenvalue weighted by molar-refractivity contribution is 6.74. The SMILES string of the molecule is COC(=O)/C=C1/CCC[C@]2(CO[Si](C)(C)C(C)(C)C)CCC3(C[C@]12C)OCCCO3. The van der Waals surface area contributed by atoms with Gasteiger partial charge in [-0.2, -0.15) is 0 Å². The fourth-order valence-corrected chi connectivity index (χ4v) is 6.47. The van der Waals surface area contributed by atoms with E-state index in [4.69, 9.17) is 18.6 Å². The van der Waals surface area contributed by atoms with Crippen molar-refractivity contribution in [2.24, 2.45) is 10.8 Å². The van der Waals surface area contributed by atoms with Crippen LogP contribution in [0, 0.1) is 10.8 Å². The minimum atomic E-state index is -1.89. The number of hydrogen-bond donors (Lipinski definition) is 0. The molecule has 1 aliphatic heterocycles. The summed E-state index contributed by atoms with van der Waals surface area (Å²) in [6, 6.07) is 0. The lowest BCUT2D eigenvalue weighted by Crippen LogP contribution is -2.59. The van der Waals surface area contributed by atoms with Gasteiger partial charge < -0.3 is 18.6 Å². The molecule has 30 heavy (non-hydrogen) atoms. The van der Waals surface area contributed by atoms with E-state index in [0.717, 1.165) is 64.8 Å². The van der Waals surface area contributed by atoms with Crippen molar-refractivity contribution < 1.29 is 23.4 Å². The lowest BCUT2D eigenvalue weighted by atomic mass is 9.48. The van der Waals surface area contributed by atoms with Crippen LogP contribution >= 0.6 is 0 Å². The van der Waals surface area contributed by atoms with Crippen LogP contribution in [0.3, 0.4) is 0 Å². The third-order valence-electron chi connectivity index (χ3n) is 8.62. The number of ether oxygens (including phenoxy) is 3. The molecule has 0 unspecified atom stereocenters. The number of esters is 1. The van der Waals surface area contributed by atoms with E-state index in [1.165, 1.54) is 12.7 Å². The number of hydrogen-bond acceptors (Lipinski definition) is 5. The smallest absolute Gasteiger partial charge is 0.330 e. The molecule has 172 valence electrons. The number of carbonyl (C=O) groups is 1. The van der Waals surface area contributed by atoms with Gasteiger partial charge in [0.1, 0.15) is 0 Å². The minimum Gasteiger partial charge on any atom is -0.466 e. The number of fused-ring (bicyclic) bond motifs is 1. The molecule has 6 heteroatoms. The molecule has 1 heterocycles. The summed E-state index contributed by atoms with van der Waals surface area (Å²) in [5.41, 5.74) is 0.962. The topological polar surface area (TPSA) is 54.0 Å². The summed E-state index contributed by atoms with van der Waals surface area (Å²) in [5.74, 6) is -0.794. The highest BCUT2D eigenvalue weighted by atomic mass is 28.4. The van der Waals surface area contributed by atoms with Crippen LogP contribution in [0.15, 0.2) is 11.6 Å². The lowest BCUT2D eigenvalue weighted by Gasteiger charge is -2.61. The van der Waals surface area contributed by atoms with Crippen molar-refractivity contribution in [1.29, 1.82) is 0 Å². The Morgan fingerprint density at radius 2 is 1.80 bits per heavy atom. The van der Waals surface area contributed by atoms with Crippen molar-refractivity contribution in [3.63, 3.8) is 0 Å². The summed E-state index contributed by atoms with van der Waals surface area (Å²) in [5, 5.41) is 0.172. The van der Waals surface area contributed by atoms with Crippen LogP contribution in [-0.4, -0.2) is 47.0 Å². The Kier molecular flexibility index (Phi) is 6.66. The molecule has 0 bridgehead atoms. The number of rotatable bonds is 4. The van der Waals surface area contributed by atoms with Gasteiger partial charge in [0.05, 0.1) is 20.3 Å². The standard InChI is InChI=1S/C24H42O5Si/c1-21(2,3)30(6,7)29-18-23-11-8-10-19(16-20(25)26-5)22(23,4)17-24(13-12-23)27-14-9-15-28-24/h16H,8-15,17-18H2,1-7H3/b19-16-/t22-,23-/m1/s1. The van der Waals surface area contributed by atoms with Gasteiger partial charge in [-0.1, -0.05) is 33.3 Å². The van der Waals surface area contributed by atoms with Crippen LogP contribution in [0.1, 0.15) is 72.6 Å². The van der Waals surface area contributed by atoms with Crippen LogP contribution < -0.4 is 0 Å². The highest BCUT2D eigenvalue weighted by Crippen LogP contribution is 2.64. The summed E-state index contributed by atoms with van der Waals surface area (Å²) >= 11 is 0. The Balaban J connectivity index is 1.97. The van der Waals surface area contributed by atoms with Crippen LogP contribution in [-0.2, 0) is 23.4 Å². The lowest BCUT2D eigenvalue weighted by molar-refractivity contribution is -0.309. The van der Waals surface area contributed by atoms with E-state index in [1.807, 2.05) is 0 Å². The predicted molar refractivity (Wildman–Crippen MR) is 121 cm³/mol. The molecule has 0 radical (unpaired) electrons. The molecule has 1 spiro atoms. The Morgan fingerprint density at radius 1 is 1.13 bits per heavy atom. The molecule has 3 aliphatic rings. The van der Waals surface area contributed by atoms with Crippen LogP contribution in [0.4, 0.5) is 0 Å². The normalized spacial score (nSPS) is 33.4. The van der Waals surface area contributed by atoms with Crippen molar-refractivity contribution in [2.75, 3.05) is 26.9 Å². The van der Waals surface area contributed by atoms with E-state index >= 15 is 0 Å². The Labute approximate surface area is 184 Å². The zero-order chi connectivity index (χ0) is 22.3. The first-order valence-electron chi connectivity index (χ1n) is 11.6. The molecule has 0 aromatic carbocycles. The quantitative estimate of drug-likeness (QED) is 0.325. The molecular weight excluding hydrogens is 396 g/mol. The molecule has 1 saturated heterocycles. The summed E-state index contributed by atoms with van der Waals surface area (Å²) < 4.78 is 24.3. The van der Waals surface area contributed by atoms with Crippen molar-refractivity contribution in [1.82, 2.24) is 0 Å². The van der Waals surface area contributed by atoms with Gasteiger partial charge in [0.25, 0.3) is 0 Å². The van der Waals surface area contributed by atoms with E-state index in [9.17, 15) is 4.79 Å². The molecule has 5 nitrogen and oxygen atoms in total. The Hall–Kier alpha value is -0.693. The Morgan fingerprint density at radius 3 is 2.40 bits per heavy atom. The van der Waals surface area contributed by atoms with Gasteiger partial charge in [-0.3, -0.25) is 0 Å². The maximum absolute atomic E-state index is 12.2. The van der Waals surface area contributed by atoms with Gasteiger partial charge in [-0.05, 0) is 50.2 Å². The second-order valence-corrected chi connectivity index (χ2v) is 16.2. The zero-order valence-corrected chi connectivity index (χ0v) is 21.2. The van der Waals surface area contributed by atoms with Crippen molar-refractivity contribution in [2.45, 2.75) is 96.6 Å². The van der Waals surface area contributed by atoms with Crippen LogP contribution in [0.5, 0.6) is 0 Å². The highest BCUT2D eigenvalue weighted by Gasteiger charge is 2.61. The van der Waals surface area contributed by atoms with Crippen LogP contribution in [0.2, 0.25) is 18.1 Å². The van der Waals surface area contributed by atoms with E-state index in [2.05, 4.69) is 40.8 Å². The molecule has 2 aliphatic carbocycles. The van der Waals surface area contributed by atoms with E-state index in [-0.39, 0.29) is 21.8 Å². The molecule has 0 aromatic heterocycles. The first-order chi connectivity index (χ1) is 13.9. The average molecular weight is 439 g/mol. The summed E-state index contributed by atoms with van der Waals surface area (Å²) in [6.07, 6.45) is 8.48. The Bertz CT molecular complexity index is 674. The fourth-order valence-electron chi connectivity index (χ4n) is 5.40. The third kappa shape index (κ3) is 4.30. The van der Waals surface area contributed by atoms with E-state index in [1.54, 1.807) is 6.08 Å². The van der Waals surface area contributed by atoms with Crippen molar-refractivity contribution in [3.8, 4) is 0 Å². The molecule has 3 fully saturated rings. The third-order valence-corrected chi connectivity index (χ3v) is 13.1. The first-order valence-corrected chi connectivity index (χ1v) is 14.5. The molecular formula is C24H42O5Si. The van der Waals surface area contributed by atoms with Gasteiger partial charge in [0.2, 0.25) is 0 Å². The molecule has 2 saturated carbocycles. The molecule has 2 atom stereocenters. The first kappa shape index (κ1) is 24.0. The second kappa shape index (κ2) is 8.34. The minimum absolute atomic E-state index is 0.00393. The van der Waals surface area contributed by atoms with Gasteiger partial charge in [0, 0.05) is 36.4 Å².